The van der Waals surface area contributed by atoms with Crippen LogP contribution in [0.2, 0.25) is 10.0 Å². The van der Waals surface area contributed by atoms with E-state index in [9.17, 15) is 18.0 Å². The molecule has 8 heteroatoms. The van der Waals surface area contributed by atoms with Crippen LogP contribution in [0.1, 0.15) is 18.5 Å². The van der Waals surface area contributed by atoms with Crippen LogP contribution in [-0.2, 0) is 4.79 Å². The first-order chi connectivity index (χ1) is 10.1. The number of carboxylic acid groups (broad SMARTS) is 1. The molecule has 0 spiro atoms. The maximum absolute atomic E-state index is 13.0. The highest BCUT2D eigenvalue weighted by molar-refractivity contribution is 6.42. The van der Waals surface area contributed by atoms with Crippen LogP contribution < -0.4 is 0 Å². The van der Waals surface area contributed by atoms with E-state index in [0.717, 1.165) is 0 Å². The Morgan fingerprint density at radius 3 is 2.41 bits per heavy atom. The standard InChI is InChI=1S/C14H14Cl2F3NO2/c1-7(8-2-3-11(15)12(16)4-8)20-5-9(13(21)22)10(6-20)14(17,18)19/h2-4,7,9-10H,5-6H2,1H3,(H,21,22)/t7?,9-,10-/m1/s1. The number of carbonyl (C=O) groups is 1. The molecule has 0 bridgehead atoms. The Morgan fingerprint density at radius 1 is 1.32 bits per heavy atom. The molecule has 0 amide bonds. The second-order valence-corrected chi connectivity index (χ2v) is 6.21. The van der Waals surface area contributed by atoms with E-state index in [0.29, 0.717) is 15.6 Å². The van der Waals surface area contributed by atoms with E-state index in [1.807, 2.05) is 0 Å². The molecule has 1 aromatic carbocycles. The minimum absolute atomic E-state index is 0.152. The van der Waals surface area contributed by atoms with Crippen LogP contribution in [-0.4, -0.2) is 35.2 Å². The lowest BCUT2D eigenvalue weighted by molar-refractivity contribution is -0.188. The fourth-order valence-corrected chi connectivity index (χ4v) is 3.02. The second-order valence-electron chi connectivity index (χ2n) is 5.40. The van der Waals surface area contributed by atoms with Crippen LogP contribution in [0.3, 0.4) is 0 Å². The summed E-state index contributed by atoms with van der Waals surface area (Å²) in [5.41, 5.74) is 0.696. The SMILES string of the molecule is CC(c1ccc(Cl)c(Cl)c1)N1C[C@@H](C(F)(F)F)[C@H](C(=O)O)C1. The van der Waals surface area contributed by atoms with E-state index in [4.69, 9.17) is 28.3 Å². The van der Waals surface area contributed by atoms with Crippen molar-refractivity contribution >= 4 is 29.2 Å². The van der Waals surface area contributed by atoms with Crippen molar-refractivity contribution in [3.63, 3.8) is 0 Å². The van der Waals surface area contributed by atoms with E-state index in [1.165, 1.54) is 4.90 Å². The summed E-state index contributed by atoms with van der Waals surface area (Å²) >= 11 is 11.7. The van der Waals surface area contributed by atoms with Gasteiger partial charge in [-0.25, -0.2) is 0 Å². The van der Waals surface area contributed by atoms with E-state index in [-0.39, 0.29) is 19.1 Å². The first-order valence-corrected chi connectivity index (χ1v) is 7.35. The molecule has 2 rings (SSSR count). The maximum atomic E-state index is 13.0. The molecule has 1 aliphatic heterocycles. The zero-order valence-corrected chi connectivity index (χ0v) is 13.1. The largest absolute Gasteiger partial charge is 0.481 e. The fraction of sp³-hybridized carbons (Fsp3) is 0.500. The van der Waals surface area contributed by atoms with Crippen molar-refractivity contribution in [2.45, 2.75) is 19.1 Å². The molecule has 1 unspecified atom stereocenters. The van der Waals surface area contributed by atoms with Gasteiger partial charge in [0.25, 0.3) is 0 Å². The smallest absolute Gasteiger partial charge is 0.393 e. The Bertz CT molecular complexity index is 580. The van der Waals surface area contributed by atoms with Crippen LogP contribution in [0.15, 0.2) is 18.2 Å². The number of likely N-dealkylation sites (tertiary alicyclic amines) is 1. The molecule has 1 aromatic rings. The predicted molar refractivity (Wildman–Crippen MR) is 77.1 cm³/mol. The molecule has 1 aliphatic rings. The maximum Gasteiger partial charge on any atom is 0.393 e. The lowest BCUT2D eigenvalue weighted by Crippen LogP contribution is -2.33. The monoisotopic (exact) mass is 355 g/mol. The number of carboxylic acids is 1. The summed E-state index contributed by atoms with van der Waals surface area (Å²) in [6.45, 7) is 1.22. The van der Waals surface area contributed by atoms with E-state index in [1.54, 1.807) is 25.1 Å². The molecule has 1 N–H and O–H groups in total. The highest BCUT2D eigenvalue weighted by Crippen LogP contribution is 2.41. The third-order valence-electron chi connectivity index (χ3n) is 4.06. The summed E-state index contributed by atoms with van der Waals surface area (Å²) in [7, 11) is 0. The Hall–Kier alpha value is -0.980. The number of hydrogen-bond acceptors (Lipinski definition) is 2. The Kier molecular flexibility index (Phi) is 4.94. The molecule has 0 radical (unpaired) electrons. The number of benzene rings is 1. The highest BCUT2D eigenvalue weighted by atomic mass is 35.5. The van der Waals surface area contributed by atoms with Gasteiger partial charge in [0.05, 0.1) is 21.9 Å². The van der Waals surface area contributed by atoms with Gasteiger partial charge in [-0.15, -0.1) is 0 Å². The molecule has 0 aromatic heterocycles. The Labute approximate surface area is 135 Å². The van der Waals surface area contributed by atoms with Crippen molar-refractivity contribution in [1.82, 2.24) is 4.90 Å². The molecule has 3 atom stereocenters. The van der Waals surface area contributed by atoms with Gasteiger partial charge in [-0.3, -0.25) is 9.69 Å². The molecule has 3 nitrogen and oxygen atoms in total. The molecule has 1 heterocycles. The van der Waals surface area contributed by atoms with Crippen LogP contribution in [0.25, 0.3) is 0 Å². The lowest BCUT2D eigenvalue weighted by Gasteiger charge is -2.25. The van der Waals surface area contributed by atoms with Gasteiger partial charge in [0.15, 0.2) is 0 Å². The summed E-state index contributed by atoms with van der Waals surface area (Å²) in [5.74, 6) is -4.74. The van der Waals surface area contributed by atoms with E-state index in [2.05, 4.69) is 0 Å². The lowest BCUT2D eigenvalue weighted by atomic mass is 9.96. The number of alkyl halides is 3. The summed E-state index contributed by atoms with van der Waals surface area (Å²) in [4.78, 5) is 12.6. The van der Waals surface area contributed by atoms with Crippen LogP contribution in [0, 0.1) is 11.8 Å². The van der Waals surface area contributed by atoms with Gasteiger partial charge >= 0.3 is 12.1 Å². The summed E-state index contributed by atoms with van der Waals surface area (Å²) in [6, 6.07) is 4.45. The first kappa shape index (κ1) is 17.4. The fourth-order valence-electron chi connectivity index (χ4n) is 2.72. The van der Waals surface area contributed by atoms with Gasteiger partial charge in [-0.05, 0) is 24.6 Å². The average Bonchev–Trinajstić information content (AvgIpc) is 2.86. The van der Waals surface area contributed by atoms with E-state index >= 15 is 0 Å². The molecule has 22 heavy (non-hydrogen) atoms. The van der Waals surface area contributed by atoms with Gasteiger partial charge in [0.1, 0.15) is 0 Å². The van der Waals surface area contributed by atoms with Gasteiger partial charge in [0, 0.05) is 19.1 Å². The summed E-state index contributed by atoms with van der Waals surface area (Å²) in [5, 5.41) is 9.70. The van der Waals surface area contributed by atoms with Crippen LogP contribution in [0.4, 0.5) is 13.2 Å². The number of rotatable bonds is 3. The zero-order valence-electron chi connectivity index (χ0n) is 11.6. The molecular formula is C14H14Cl2F3NO2. The number of nitrogens with zero attached hydrogens (tertiary/aromatic N) is 1. The van der Waals surface area contributed by atoms with E-state index < -0.39 is 24.0 Å². The van der Waals surface area contributed by atoms with Crippen molar-refractivity contribution in [2.75, 3.05) is 13.1 Å². The molecule has 0 aliphatic carbocycles. The minimum atomic E-state index is -4.53. The van der Waals surface area contributed by atoms with Crippen molar-refractivity contribution in [3.8, 4) is 0 Å². The summed E-state index contributed by atoms with van der Waals surface area (Å²) in [6.07, 6.45) is -4.53. The van der Waals surface area contributed by atoms with Crippen molar-refractivity contribution in [2.24, 2.45) is 11.8 Å². The molecule has 1 fully saturated rings. The molecule has 1 saturated heterocycles. The van der Waals surface area contributed by atoms with Crippen molar-refractivity contribution in [1.29, 1.82) is 0 Å². The van der Waals surface area contributed by atoms with Crippen molar-refractivity contribution < 1.29 is 23.1 Å². The minimum Gasteiger partial charge on any atom is -0.481 e. The highest BCUT2D eigenvalue weighted by Gasteiger charge is 2.53. The van der Waals surface area contributed by atoms with Gasteiger partial charge < -0.3 is 5.11 Å². The van der Waals surface area contributed by atoms with Crippen LogP contribution in [0.5, 0.6) is 0 Å². The summed E-state index contributed by atoms with van der Waals surface area (Å²) < 4.78 is 39.0. The number of aliphatic carboxylic acids is 1. The molecule has 0 saturated carbocycles. The predicted octanol–water partition coefficient (Wildman–Crippen LogP) is 4.25. The van der Waals surface area contributed by atoms with Crippen molar-refractivity contribution in [3.05, 3.63) is 33.8 Å². The van der Waals surface area contributed by atoms with Gasteiger partial charge in [-0.2, -0.15) is 13.2 Å². The number of halogens is 5. The normalized spacial score (nSPS) is 24.5. The quantitative estimate of drug-likeness (QED) is 0.880. The third-order valence-corrected chi connectivity index (χ3v) is 4.80. The first-order valence-electron chi connectivity index (χ1n) is 6.59. The second kappa shape index (κ2) is 6.26. The zero-order chi connectivity index (χ0) is 16.7. The Morgan fingerprint density at radius 2 is 1.95 bits per heavy atom. The molecular weight excluding hydrogens is 342 g/mol. The molecule has 122 valence electrons. The Balaban J connectivity index is 2.22. The van der Waals surface area contributed by atoms with Gasteiger partial charge in [0.2, 0.25) is 0 Å². The topological polar surface area (TPSA) is 40.5 Å². The average molecular weight is 356 g/mol. The number of hydrogen-bond donors (Lipinski definition) is 1. The van der Waals surface area contributed by atoms with Crippen LogP contribution >= 0.6 is 23.2 Å². The third kappa shape index (κ3) is 3.50. The van der Waals surface area contributed by atoms with Gasteiger partial charge in [-0.1, -0.05) is 29.3 Å².